The number of thioether (sulfide) groups is 1. The van der Waals surface area contributed by atoms with Crippen LogP contribution in [0.4, 0.5) is 5.69 Å². The second kappa shape index (κ2) is 8.50. The van der Waals surface area contributed by atoms with Crippen molar-refractivity contribution in [2.75, 3.05) is 25.3 Å². The molecule has 8 nitrogen and oxygen atoms in total. The quantitative estimate of drug-likeness (QED) is 0.715. The minimum absolute atomic E-state index is 0.147. The van der Waals surface area contributed by atoms with Crippen molar-refractivity contribution < 1.29 is 23.9 Å². The molecule has 1 fully saturated rings. The van der Waals surface area contributed by atoms with Gasteiger partial charge in [-0.3, -0.25) is 14.4 Å². The Morgan fingerprint density at radius 2 is 1.81 bits per heavy atom. The highest BCUT2D eigenvalue weighted by atomic mass is 32.2. The Balaban J connectivity index is 1.41. The first kappa shape index (κ1) is 21.0. The third kappa shape index (κ3) is 3.93. The second-order valence-electron chi connectivity index (χ2n) is 7.32. The van der Waals surface area contributed by atoms with E-state index >= 15 is 0 Å². The monoisotopic (exact) mass is 441 g/mol. The number of nitrogens with one attached hydrogen (secondary N) is 2. The van der Waals surface area contributed by atoms with E-state index in [9.17, 15) is 14.4 Å². The first-order chi connectivity index (χ1) is 14.9. The van der Waals surface area contributed by atoms with Crippen molar-refractivity contribution >= 4 is 35.2 Å². The highest BCUT2D eigenvalue weighted by Crippen LogP contribution is 2.48. The van der Waals surface area contributed by atoms with Gasteiger partial charge in [-0.25, -0.2) is 0 Å². The molecule has 9 heteroatoms. The van der Waals surface area contributed by atoms with Gasteiger partial charge in [-0.15, -0.1) is 11.8 Å². The minimum atomic E-state index is -0.797. The lowest BCUT2D eigenvalue weighted by Crippen LogP contribution is -2.51. The minimum Gasteiger partial charge on any atom is -0.497 e. The van der Waals surface area contributed by atoms with Crippen molar-refractivity contribution in [2.24, 2.45) is 0 Å². The Morgan fingerprint density at radius 3 is 2.48 bits per heavy atom. The number of hydrogen-bond acceptors (Lipinski definition) is 6. The van der Waals surface area contributed by atoms with E-state index in [1.807, 2.05) is 18.2 Å². The van der Waals surface area contributed by atoms with Crippen molar-refractivity contribution in [3.8, 4) is 11.5 Å². The molecule has 3 atom stereocenters. The number of methoxy groups -OCH3 is 2. The predicted octanol–water partition coefficient (Wildman–Crippen LogP) is 2.42. The molecule has 1 saturated heterocycles. The van der Waals surface area contributed by atoms with Crippen LogP contribution in [0.1, 0.15) is 28.2 Å². The van der Waals surface area contributed by atoms with Crippen LogP contribution < -0.4 is 20.1 Å². The van der Waals surface area contributed by atoms with Crippen molar-refractivity contribution in [1.82, 2.24) is 10.2 Å². The smallest absolute Gasteiger partial charge is 0.256 e. The van der Waals surface area contributed by atoms with E-state index in [1.165, 1.54) is 14.2 Å². The summed E-state index contributed by atoms with van der Waals surface area (Å²) in [6.45, 7) is 1.60. The Hall–Kier alpha value is -3.20. The number of anilines is 1. The predicted molar refractivity (Wildman–Crippen MR) is 117 cm³/mol. The highest BCUT2D eigenvalue weighted by molar-refractivity contribution is 7.99. The van der Waals surface area contributed by atoms with Gasteiger partial charge in [0.05, 0.1) is 14.2 Å². The molecule has 2 N–H and O–H groups in total. The lowest BCUT2D eigenvalue weighted by molar-refractivity contribution is -0.128. The van der Waals surface area contributed by atoms with E-state index in [0.717, 1.165) is 5.56 Å². The van der Waals surface area contributed by atoms with Gasteiger partial charge in [-0.2, -0.15) is 0 Å². The van der Waals surface area contributed by atoms with Crippen LogP contribution in [-0.4, -0.2) is 54.7 Å². The van der Waals surface area contributed by atoms with Gasteiger partial charge in [0, 0.05) is 35.2 Å². The first-order valence-corrected chi connectivity index (χ1v) is 10.8. The van der Waals surface area contributed by atoms with Crippen molar-refractivity contribution in [1.29, 1.82) is 0 Å². The highest BCUT2D eigenvalue weighted by Gasteiger charge is 2.48. The number of benzene rings is 2. The molecule has 2 aliphatic heterocycles. The Kier molecular flexibility index (Phi) is 5.77. The van der Waals surface area contributed by atoms with Gasteiger partial charge in [-0.05, 0) is 18.6 Å². The standard InChI is InChI=1S/C22H23N3O5S/c1-12(19(26)24-13-8-14(29-2)10-15(9-13)30-3)23-20(27)18-11-31-22-17-7-5-4-6-16(17)21(28)25(18)22/h4-10,12,18,22H,11H2,1-3H3,(H,23,27)(H,24,26). The third-order valence-electron chi connectivity index (χ3n) is 5.37. The largest absolute Gasteiger partial charge is 0.497 e. The molecule has 0 spiro atoms. The molecule has 4 rings (SSSR count). The van der Waals surface area contributed by atoms with Crippen LogP contribution in [0.25, 0.3) is 0 Å². The molecule has 2 aromatic rings. The maximum Gasteiger partial charge on any atom is 0.256 e. The molecule has 3 amide bonds. The average molecular weight is 442 g/mol. The summed E-state index contributed by atoms with van der Waals surface area (Å²) < 4.78 is 10.4. The molecular formula is C22H23N3O5S. The van der Waals surface area contributed by atoms with E-state index in [-0.39, 0.29) is 23.1 Å². The number of ether oxygens (including phenoxy) is 2. The molecular weight excluding hydrogens is 418 g/mol. The zero-order chi connectivity index (χ0) is 22.1. The Morgan fingerprint density at radius 1 is 1.13 bits per heavy atom. The van der Waals surface area contributed by atoms with Crippen LogP contribution in [0.3, 0.4) is 0 Å². The van der Waals surface area contributed by atoms with Crippen LogP contribution in [0.5, 0.6) is 11.5 Å². The van der Waals surface area contributed by atoms with E-state index < -0.39 is 12.1 Å². The van der Waals surface area contributed by atoms with Gasteiger partial charge in [0.2, 0.25) is 11.8 Å². The number of carbonyl (C=O) groups excluding carboxylic acids is 3. The molecule has 2 aromatic carbocycles. The number of nitrogens with zero attached hydrogens (tertiary/aromatic N) is 1. The molecule has 0 aliphatic carbocycles. The van der Waals surface area contributed by atoms with Crippen molar-refractivity contribution in [2.45, 2.75) is 24.4 Å². The van der Waals surface area contributed by atoms with E-state index in [2.05, 4.69) is 10.6 Å². The molecule has 162 valence electrons. The average Bonchev–Trinajstić information content (AvgIpc) is 3.33. The fourth-order valence-electron chi connectivity index (χ4n) is 3.75. The SMILES string of the molecule is COc1cc(NC(=O)C(C)NC(=O)C2CSC3c4ccccc4C(=O)N23)cc(OC)c1. The fourth-order valence-corrected chi connectivity index (χ4v) is 5.21. The van der Waals surface area contributed by atoms with Crippen LogP contribution in [0, 0.1) is 0 Å². The third-order valence-corrected chi connectivity index (χ3v) is 6.67. The summed E-state index contributed by atoms with van der Waals surface area (Å²) in [5.41, 5.74) is 2.06. The molecule has 0 aromatic heterocycles. The van der Waals surface area contributed by atoms with Crippen LogP contribution in [-0.2, 0) is 9.59 Å². The summed E-state index contributed by atoms with van der Waals surface area (Å²) in [5.74, 6) is 0.674. The summed E-state index contributed by atoms with van der Waals surface area (Å²) in [6.07, 6.45) is 0. The first-order valence-electron chi connectivity index (χ1n) is 9.80. The van der Waals surface area contributed by atoms with Crippen LogP contribution >= 0.6 is 11.8 Å². The number of hydrogen-bond donors (Lipinski definition) is 2. The number of carbonyl (C=O) groups is 3. The zero-order valence-electron chi connectivity index (χ0n) is 17.4. The molecule has 0 saturated carbocycles. The van der Waals surface area contributed by atoms with E-state index in [4.69, 9.17) is 9.47 Å². The fraction of sp³-hybridized carbons (Fsp3) is 0.318. The van der Waals surface area contributed by atoms with E-state index in [1.54, 1.807) is 47.9 Å². The topological polar surface area (TPSA) is 97.0 Å². The van der Waals surface area contributed by atoms with Gasteiger partial charge < -0.3 is 25.0 Å². The van der Waals surface area contributed by atoms with Crippen LogP contribution in [0.2, 0.25) is 0 Å². The molecule has 3 unspecified atom stereocenters. The molecule has 31 heavy (non-hydrogen) atoms. The number of rotatable bonds is 6. The molecule has 2 aliphatic rings. The summed E-state index contributed by atoms with van der Waals surface area (Å²) in [7, 11) is 3.04. The molecule has 0 radical (unpaired) electrons. The number of amides is 3. The lowest BCUT2D eigenvalue weighted by Gasteiger charge is -2.24. The van der Waals surface area contributed by atoms with Gasteiger partial charge in [0.25, 0.3) is 5.91 Å². The second-order valence-corrected chi connectivity index (χ2v) is 8.44. The summed E-state index contributed by atoms with van der Waals surface area (Å²) in [6, 6.07) is 11.0. The van der Waals surface area contributed by atoms with Gasteiger partial charge in [0.1, 0.15) is 29.0 Å². The zero-order valence-corrected chi connectivity index (χ0v) is 18.2. The summed E-state index contributed by atoms with van der Waals surface area (Å²) in [4.78, 5) is 40.0. The van der Waals surface area contributed by atoms with E-state index in [0.29, 0.717) is 28.5 Å². The van der Waals surface area contributed by atoms with Gasteiger partial charge >= 0.3 is 0 Å². The molecule has 2 heterocycles. The van der Waals surface area contributed by atoms with Crippen molar-refractivity contribution in [3.05, 3.63) is 53.6 Å². The Bertz CT molecular complexity index is 1020. The summed E-state index contributed by atoms with van der Waals surface area (Å²) >= 11 is 1.56. The Labute approximate surface area is 184 Å². The maximum atomic E-state index is 12.9. The van der Waals surface area contributed by atoms with Crippen LogP contribution in [0.15, 0.2) is 42.5 Å². The summed E-state index contributed by atoms with van der Waals surface area (Å²) in [5, 5.41) is 5.34. The number of fused-ring (bicyclic) bond motifs is 3. The maximum absolute atomic E-state index is 12.9. The normalized spacial score (nSPS) is 20.0. The molecule has 0 bridgehead atoms. The van der Waals surface area contributed by atoms with Crippen molar-refractivity contribution in [3.63, 3.8) is 0 Å². The lowest BCUT2D eigenvalue weighted by atomic mass is 10.1. The van der Waals surface area contributed by atoms with Gasteiger partial charge in [0.15, 0.2) is 0 Å². The van der Waals surface area contributed by atoms with Gasteiger partial charge in [-0.1, -0.05) is 18.2 Å².